The first-order valence-corrected chi connectivity index (χ1v) is 11.9. The molecular weight excluding hydrogens is 440 g/mol. The number of sulfonamides is 1. The van der Waals surface area contributed by atoms with Gasteiger partial charge in [-0.3, -0.25) is 4.79 Å². The number of methoxy groups -OCH3 is 2. The first-order chi connectivity index (χ1) is 15.8. The summed E-state index contributed by atoms with van der Waals surface area (Å²) < 4.78 is 39.4. The third-order valence-corrected chi connectivity index (χ3v) is 6.65. The molecule has 3 rings (SSSR count). The molecule has 0 fully saturated rings. The van der Waals surface area contributed by atoms with Crippen LogP contribution in [0, 0.1) is 0 Å². The lowest BCUT2D eigenvalue weighted by molar-refractivity contribution is -0.132. The Morgan fingerprint density at radius 2 is 1.45 bits per heavy atom. The normalized spacial score (nSPS) is 12.1. The number of hydrogen-bond donors (Lipinski definition) is 1. The maximum atomic E-state index is 13.3. The number of benzene rings is 3. The lowest BCUT2D eigenvalue weighted by atomic mass is 10.1. The van der Waals surface area contributed by atoms with Gasteiger partial charge in [-0.15, -0.1) is 0 Å². The molecule has 0 bridgehead atoms. The van der Waals surface area contributed by atoms with Crippen molar-refractivity contribution in [2.24, 2.45) is 0 Å². The third kappa shape index (κ3) is 6.34. The lowest BCUT2D eigenvalue weighted by Gasteiger charge is -2.25. The monoisotopic (exact) mass is 468 g/mol. The van der Waals surface area contributed by atoms with Gasteiger partial charge in [0.1, 0.15) is 6.04 Å². The number of likely N-dealkylation sites (N-methyl/N-ethyl adjacent to an activating group) is 1. The molecule has 8 heteroatoms. The van der Waals surface area contributed by atoms with Crippen LogP contribution in [-0.2, 0) is 27.8 Å². The first-order valence-electron chi connectivity index (χ1n) is 10.4. The van der Waals surface area contributed by atoms with Crippen LogP contribution in [0.5, 0.6) is 11.5 Å². The van der Waals surface area contributed by atoms with Gasteiger partial charge < -0.3 is 14.4 Å². The van der Waals surface area contributed by atoms with Gasteiger partial charge in [0.2, 0.25) is 15.9 Å². The predicted molar refractivity (Wildman–Crippen MR) is 127 cm³/mol. The minimum Gasteiger partial charge on any atom is -0.493 e. The molecule has 3 aromatic rings. The summed E-state index contributed by atoms with van der Waals surface area (Å²) in [6, 6.07) is 22.2. The summed E-state index contributed by atoms with van der Waals surface area (Å²) in [7, 11) is 0.549. The van der Waals surface area contributed by atoms with Crippen LogP contribution >= 0.6 is 0 Å². The Balaban J connectivity index is 1.88. The maximum absolute atomic E-state index is 13.3. The predicted octanol–water partition coefficient (Wildman–Crippen LogP) is 3.25. The van der Waals surface area contributed by atoms with E-state index >= 15 is 0 Å². The van der Waals surface area contributed by atoms with E-state index in [1.54, 1.807) is 7.05 Å². The fourth-order valence-corrected chi connectivity index (χ4v) is 4.67. The average molecular weight is 469 g/mol. The highest BCUT2D eigenvalue weighted by Gasteiger charge is 2.29. The van der Waals surface area contributed by atoms with Crippen LogP contribution in [0.1, 0.15) is 11.1 Å². The summed E-state index contributed by atoms with van der Waals surface area (Å²) in [6.07, 6.45) is 0.214. The Hall–Kier alpha value is -3.36. The van der Waals surface area contributed by atoms with Crippen LogP contribution in [0.3, 0.4) is 0 Å². The summed E-state index contributed by atoms with van der Waals surface area (Å²) in [5.41, 5.74) is 1.80. The summed E-state index contributed by atoms with van der Waals surface area (Å²) in [5.74, 6) is 0.371. The molecule has 1 atom stereocenters. The van der Waals surface area contributed by atoms with Crippen molar-refractivity contribution in [3.63, 3.8) is 0 Å². The van der Waals surface area contributed by atoms with E-state index in [0.29, 0.717) is 12.3 Å². The first kappa shape index (κ1) is 24.3. The minimum atomic E-state index is -4.02. The number of hydrogen-bond acceptors (Lipinski definition) is 5. The van der Waals surface area contributed by atoms with Gasteiger partial charge in [0.25, 0.3) is 0 Å². The van der Waals surface area contributed by atoms with E-state index in [-0.39, 0.29) is 23.0 Å². The number of amides is 1. The molecule has 1 amide bonds. The van der Waals surface area contributed by atoms with Crippen LogP contribution in [0.2, 0.25) is 0 Å². The van der Waals surface area contributed by atoms with Crippen molar-refractivity contribution in [3.8, 4) is 11.5 Å². The quantitative estimate of drug-likeness (QED) is 0.494. The van der Waals surface area contributed by atoms with Gasteiger partial charge in [-0.25, -0.2) is 8.42 Å². The number of carbonyl (C=O) groups is 1. The van der Waals surface area contributed by atoms with Gasteiger partial charge in [0.05, 0.1) is 19.1 Å². The van der Waals surface area contributed by atoms with Crippen molar-refractivity contribution in [3.05, 3.63) is 90.0 Å². The minimum absolute atomic E-state index is 0.0169. The highest BCUT2D eigenvalue weighted by atomic mass is 32.2. The van der Waals surface area contributed by atoms with Crippen LogP contribution in [0.25, 0.3) is 0 Å². The maximum Gasteiger partial charge on any atom is 0.241 e. The van der Waals surface area contributed by atoms with Gasteiger partial charge in [-0.2, -0.15) is 4.72 Å². The molecule has 0 spiro atoms. The second-order valence-corrected chi connectivity index (χ2v) is 9.27. The number of carbonyl (C=O) groups excluding carboxylic acids is 1. The molecule has 33 heavy (non-hydrogen) atoms. The highest BCUT2D eigenvalue weighted by molar-refractivity contribution is 7.89. The van der Waals surface area contributed by atoms with Crippen LogP contribution < -0.4 is 14.2 Å². The lowest BCUT2D eigenvalue weighted by Crippen LogP contribution is -2.48. The summed E-state index contributed by atoms with van der Waals surface area (Å²) in [4.78, 5) is 14.8. The van der Waals surface area contributed by atoms with Crippen molar-refractivity contribution >= 4 is 15.9 Å². The molecular formula is C25H28N2O5S. The van der Waals surface area contributed by atoms with Gasteiger partial charge in [0, 0.05) is 19.7 Å². The summed E-state index contributed by atoms with van der Waals surface area (Å²) in [5, 5.41) is 0. The van der Waals surface area contributed by atoms with E-state index in [1.165, 1.54) is 37.3 Å². The molecule has 0 unspecified atom stereocenters. The van der Waals surface area contributed by atoms with E-state index in [1.807, 2.05) is 60.7 Å². The molecule has 0 aromatic heterocycles. The van der Waals surface area contributed by atoms with Crippen molar-refractivity contribution in [1.82, 2.24) is 9.62 Å². The van der Waals surface area contributed by atoms with E-state index < -0.39 is 16.1 Å². The van der Waals surface area contributed by atoms with E-state index in [9.17, 15) is 13.2 Å². The molecule has 0 radical (unpaired) electrons. The topological polar surface area (TPSA) is 84.9 Å². The Morgan fingerprint density at radius 1 is 0.879 bits per heavy atom. The van der Waals surface area contributed by atoms with Crippen molar-refractivity contribution < 1.29 is 22.7 Å². The largest absolute Gasteiger partial charge is 0.493 e. The highest BCUT2D eigenvalue weighted by Crippen LogP contribution is 2.29. The zero-order valence-corrected chi connectivity index (χ0v) is 19.7. The average Bonchev–Trinajstić information content (AvgIpc) is 2.83. The van der Waals surface area contributed by atoms with Crippen molar-refractivity contribution in [2.45, 2.75) is 23.9 Å². The van der Waals surface area contributed by atoms with Crippen LogP contribution in [0.4, 0.5) is 0 Å². The Morgan fingerprint density at radius 3 is 2.03 bits per heavy atom. The molecule has 3 aromatic carbocycles. The molecule has 0 saturated carbocycles. The zero-order valence-electron chi connectivity index (χ0n) is 18.9. The zero-order chi connectivity index (χ0) is 23.8. The Kier molecular flexibility index (Phi) is 8.08. The van der Waals surface area contributed by atoms with Gasteiger partial charge in [-0.1, -0.05) is 60.7 Å². The molecule has 0 aliphatic heterocycles. The standard InChI is InChI=1S/C25H28N2O5S/c1-27(18-20-12-8-5-9-13-20)25(28)22(16-19-10-6-4-7-11-19)26-33(29,30)21-14-15-23(31-2)24(17-21)32-3/h4-15,17,22,26H,16,18H2,1-3H3/t22-/m0/s1. The molecule has 0 heterocycles. The molecule has 1 N–H and O–H groups in total. The van der Waals surface area contributed by atoms with E-state index in [2.05, 4.69) is 4.72 Å². The summed E-state index contributed by atoms with van der Waals surface area (Å²) >= 11 is 0. The van der Waals surface area contributed by atoms with Gasteiger partial charge >= 0.3 is 0 Å². The smallest absolute Gasteiger partial charge is 0.241 e. The fourth-order valence-electron chi connectivity index (χ4n) is 3.47. The fraction of sp³-hybridized carbons (Fsp3) is 0.240. The summed E-state index contributed by atoms with van der Waals surface area (Å²) in [6.45, 7) is 0.364. The van der Waals surface area contributed by atoms with Crippen molar-refractivity contribution in [2.75, 3.05) is 21.3 Å². The second-order valence-electron chi connectivity index (χ2n) is 7.56. The number of rotatable bonds is 10. The van der Waals surface area contributed by atoms with E-state index in [4.69, 9.17) is 9.47 Å². The molecule has 0 aliphatic rings. The molecule has 7 nitrogen and oxygen atoms in total. The van der Waals surface area contributed by atoms with Gasteiger partial charge in [0.15, 0.2) is 11.5 Å². The van der Waals surface area contributed by atoms with Crippen LogP contribution in [0.15, 0.2) is 83.8 Å². The van der Waals surface area contributed by atoms with Gasteiger partial charge in [-0.05, 0) is 29.7 Å². The SMILES string of the molecule is COc1ccc(S(=O)(=O)N[C@@H](Cc2ccccc2)C(=O)N(C)Cc2ccccc2)cc1OC. The Bertz CT molecular complexity index is 1170. The second kappa shape index (κ2) is 11.0. The number of ether oxygens (including phenoxy) is 2. The third-order valence-electron chi connectivity index (χ3n) is 5.18. The number of nitrogens with one attached hydrogen (secondary N) is 1. The van der Waals surface area contributed by atoms with E-state index in [0.717, 1.165) is 11.1 Å². The molecule has 0 aliphatic carbocycles. The Labute approximate surface area is 195 Å². The van der Waals surface area contributed by atoms with Crippen molar-refractivity contribution in [1.29, 1.82) is 0 Å². The molecule has 0 saturated heterocycles. The van der Waals surface area contributed by atoms with Crippen LogP contribution in [-0.4, -0.2) is 46.5 Å². The number of nitrogens with zero attached hydrogens (tertiary/aromatic N) is 1. The molecule has 174 valence electrons.